The Hall–Kier alpha value is 0.440. The predicted molar refractivity (Wildman–Crippen MR) is 76.3 cm³/mol. The van der Waals surface area contributed by atoms with Gasteiger partial charge in [0.2, 0.25) is 0 Å². The predicted octanol–water partition coefficient (Wildman–Crippen LogP) is 4.45. The first-order chi connectivity index (χ1) is 7.67. The normalized spacial score (nSPS) is 20.8. The van der Waals surface area contributed by atoms with Crippen LogP contribution in [0.3, 0.4) is 0 Å². The van der Waals surface area contributed by atoms with E-state index >= 15 is 0 Å². The maximum absolute atomic E-state index is 3.72. The lowest BCUT2D eigenvalue weighted by Gasteiger charge is -2.45. The van der Waals surface area contributed by atoms with Gasteiger partial charge in [-0.25, -0.2) is 0 Å². The van der Waals surface area contributed by atoms with Gasteiger partial charge in [0.25, 0.3) is 0 Å². The third-order valence-corrected chi connectivity index (χ3v) is 5.44. The summed E-state index contributed by atoms with van der Waals surface area (Å²) in [5, 5.41) is 1.19. The van der Waals surface area contributed by atoms with Crippen molar-refractivity contribution in [1.82, 2.24) is 4.90 Å². The van der Waals surface area contributed by atoms with Crippen molar-refractivity contribution in [2.45, 2.75) is 65.3 Å². The fourth-order valence-electron chi connectivity index (χ4n) is 2.52. The molecule has 0 spiro atoms. The van der Waals surface area contributed by atoms with E-state index in [1.54, 1.807) is 0 Å². The zero-order valence-electron chi connectivity index (χ0n) is 11.3. The van der Waals surface area contributed by atoms with Gasteiger partial charge in [-0.05, 0) is 44.6 Å². The molecule has 1 unspecified atom stereocenters. The molecule has 0 saturated heterocycles. The lowest BCUT2D eigenvalue weighted by molar-refractivity contribution is 0.0668. The first-order valence-corrected chi connectivity index (χ1v) is 8.09. The summed E-state index contributed by atoms with van der Waals surface area (Å²) in [7, 11) is 0. The van der Waals surface area contributed by atoms with Gasteiger partial charge in [0, 0.05) is 17.9 Å². The van der Waals surface area contributed by atoms with Gasteiger partial charge in [0.1, 0.15) is 0 Å². The van der Waals surface area contributed by atoms with Crippen LogP contribution < -0.4 is 0 Å². The first-order valence-electron chi connectivity index (χ1n) is 6.97. The zero-order valence-corrected chi connectivity index (χ0v) is 12.9. The minimum absolute atomic E-state index is 0.608. The van der Waals surface area contributed by atoms with Crippen LogP contribution >= 0.6 is 15.9 Å². The number of unbranched alkanes of at least 4 members (excludes halogenated alkanes) is 1. The number of halogens is 1. The van der Waals surface area contributed by atoms with Gasteiger partial charge >= 0.3 is 0 Å². The highest BCUT2D eigenvalue weighted by atomic mass is 79.9. The first kappa shape index (κ1) is 14.5. The smallest absolute Gasteiger partial charge is 0.0100 e. The molecule has 0 radical (unpaired) electrons. The van der Waals surface area contributed by atoms with Crippen LogP contribution in [0, 0.1) is 5.41 Å². The van der Waals surface area contributed by atoms with E-state index in [1.165, 1.54) is 56.9 Å². The summed E-state index contributed by atoms with van der Waals surface area (Å²) >= 11 is 3.72. The van der Waals surface area contributed by atoms with Crippen molar-refractivity contribution in [2.75, 3.05) is 18.4 Å². The summed E-state index contributed by atoms with van der Waals surface area (Å²) < 4.78 is 0. The van der Waals surface area contributed by atoms with Crippen molar-refractivity contribution in [3.8, 4) is 0 Å². The Kier molecular flexibility index (Phi) is 6.35. The molecule has 1 saturated carbocycles. The quantitative estimate of drug-likeness (QED) is 0.597. The molecular weight excluding hydrogens is 262 g/mol. The summed E-state index contributed by atoms with van der Waals surface area (Å²) in [6.07, 6.45) is 8.24. The minimum Gasteiger partial charge on any atom is -0.300 e. The Morgan fingerprint density at radius 2 is 2.00 bits per heavy atom. The monoisotopic (exact) mass is 289 g/mol. The molecule has 1 fully saturated rings. The number of nitrogens with zero attached hydrogens (tertiary/aromatic N) is 1. The Bertz CT molecular complexity index is 184. The van der Waals surface area contributed by atoms with Crippen LogP contribution in [-0.4, -0.2) is 29.4 Å². The van der Waals surface area contributed by atoms with E-state index in [2.05, 4.69) is 41.6 Å². The van der Waals surface area contributed by atoms with Crippen LogP contribution in [0.25, 0.3) is 0 Å². The van der Waals surface area contributed by atoms with Crippen LogP contribution in [-0.2, 0) is 0 Å². The number of rotatable bonds is 8. The van der Waals surface area contributed by atoms with Gasteiger partial charge in [0.15, 0.2) is 0 Å². The fourth-order valence-corrected chi connectivity index (χ4v) is 3.25. The van der Waals surface area contributed by atoms with Crippen LogP contribution in [0.4, 0.5) is 0 Å². The van der Waals surface area contributed by atoms with E-state index < -0.39 is 0 Å². The molecule has 2 heteroatoms. The van der Waals surface area contributed by atoms with Crippen LogP contribution in [0.15, 0.2) is 0 Å². The molecule has 0 amide bonds. The number of hydrogen-bond acceptors (Lipinski definition) is 1. The third kappa shape index (κ3) is 3.73. The lowest BCUT2D eigenvalue weighted by Crippen LogP contribution is -2.47. The van der Waals surface area contributed by atoms with Gasteiger partial charge in [-0.2, -0.15) is 0 Å². The van der Waals surface area contributed by atoms with E-state index in [9.17, 15) is 0 Å². The molecule has 1 rings (SSSR count). The maximum Gasteiger partial charge on any atom is 0.0100 e. The summed E-state index contributed by atoms with van der Waals surface area (Å²) in [5.74, 6) is 0. The summed E-state index contributed by atoms with van der Waals surface area (Å²) in [6.45, 7) is 9.59. The molecule has 0 N–H and O–H groups in total. The van der Waals surface area contributed by atoms with Gasteiger partial charge in [-0.1, -0.05) is 42.6 Å². The number of hydrogen-bond donors (Lipinski definition) is 0. The molecule has 1 atom stereocenters. The van der Waals surface area contributed by atoms with Gasteiger partial charge < -0.3 is 4.90 Å². The van der Waals surface area contributed by atoms with Crippen molar-refractivity contribution < 1.29 is 0 Å². The molecule has 16 heavy (non-hydrogen) atoms. The van der Waals surface area contributed by atoms with E-state index in [4.69, 9.17) is 0 Å². The highest BCUT2D eigenvalue weighted by Gasteiger charge is 2.37. The second kappa shape index (κ2) is 7.00. The van der Waals surface area contributed by atoms with Crippen molar-refractivity contribution in [3.63, 3.8) is 0 Å². The Labute approximate surface area is 110 Å². The summed E-state index contributed by atoms with van der Waals surface area (Å²) in [6, 6.07) is 0.753. The van der Waals surface area contributed by atoms with E-state index in [0.717, 1.165) is 6.04 Å². The average molecular weight is 290 g/mol. The second-order valence-electron chi connectivity index (χ2n) is 5.57. The SMILES string of the molecule is CCCCN(CC1(CBr)CCC1)C(C)CC. The average Bonchev–Trinajstić information content (AvgIpc) is 2.26. The van der Waals surface area contributed by atoms with Crippen molar-refractivity contribution in [2.24, 2.45) is 5.41 Å². The maximum atomic E-state index is 3.72. The standard InChI is InChI=1S/C14H28BrN/c1-4-6-10-16(13(3)5-2)12-14(11-15)8-7-9-14/h13H,4-12H2,1-3H3. The molecule has 96 valence electrons. The molecule has 0 aromatic carbocycles. The molecular formula is C14H28BrN. The van der Waals surface area contributed by atoms with Crippen molar-refractivity contribution in [3.05, 3.63) is 0 Å². The zero-order chi connectivity index (χ0) is 12.0. The van der Waals surface area contributed by atoms with Gasteiger partial charge in [-0.15, -0.1) is 0 Å². The van der Waals surface area contributed by atoms with Crippen LogP contribution in [0.2, 0.25) is 0 Å². The van der Waals surface area contributed by atoms with Crippen LogP contribution in [0.5, 0.6) is 0 Å². The van der Waals surface area contributed by atoms with Crippen molar-refractivity contribution in [1.29, 1.82) is 0 Å². The molecule has 1 aliphatic carbocycles. The van der Waals surface area contributed by atoms with Crippen molar-refractivity contribution >= 4 is 15.9 Å². The van der Waals surface area contributed by atoms with Crippen LogP contribution in [0.1, 0.15) is 59.3 Å². The molecule has 0 heterocycles. The lowest BCUT2D eigenvalue weighted by atomic mass is 9.70. The Balaban J connectivity index is 2.47. The van der Waals surface area contributed by atoms with E-state index in [0.29, 0.717) is 5.41 Å². The highest BCUT2D eigenvalue weighted by molar-refractivity contribution is 9.09. The fraction of sp³-hybridized carbons (Fsp3) is 1.00. The van der Waals surface area contributed by atoms with Gasteiger partial charge in [0.05, 0.1) is 0 Å². The molecule has 0 aliphatic heterocycles. The summed E-state index contributed by atoms with van der Waals surface area (Å²) in [5.41, 5.74) is 0.608. The molecule has 0 bridgehead atoms. The Morgan fingerprint density at radius 3 is 2.38 bits per heavy atom. The molecule has 0 aromatic heterocycles. The highest BCUT2D eigenvalue weighted by Crippen LogP contribution is 2.43. The summed E-state index contributed by atoms with van der Waals surface area (Å²) in [4.78, 5) is 2.73. The second-order valence-corrected chi connectivity index (χ2v) is 6.13. The number of alkyl halides is 1. The Morgan fingerprint density at radius 1 is 1.31 bits per heavy atom. The molecule has 1 nitrogen and oxygen atoms in total. The molecule has 1 aliphatic rings. The van der Waals surface area contributed by atoms with E-state index in [1.807, 2.05) is 0 Å². The minimum atomic E-state index is 0.608. The third-order valence-electron chi connectivity index (χ3n) is 4.25. The van der Waals surface area contributed by atoms with E-state index in [-0.39, 0.29) is 0 Å². The van der Waals surface area contributed by atoms with Gasteiger partial charge in [-0.3, -0.25) is 0 Å². The molecule has 0 aromatic rings. The topological polar surface area (TPSA) is 3.24 Å². The largest absolute Gasteiger partial charge is 0.300 e.